The van der Waals surface area contributed by atoms with Crippen molar-refractivity contribution in [2.75, 3.05) is 18.9 Å². The van der Waals surface area contributed by atoms with E-state index in [1.807, 2.05) is 42.5 Å². The fourth-order valence-corrected chi connectivity index (χ4v) is 3.20. The monoisotopic (exact) mass is 372 g/mol. The van der Waals surface area contributed by atoms with E-state index in [0.29, 0.717) is 5.69 Å². The van der Waals surface area contributed by atoms with Crippen LogP contribution in [0, 0.1) is 0 Å². The highest BCUT2D eigenvalue weighted by Crippen LogP contribution is 2.12. The summed E-state index contributed by atoms with van der Waals surface area (Å²) in [7, 11) is -2.28. The minimum Gasteiger partial charge on any atom is -0.325 e. The van der Waals surface area contributed by atoms with Crippen molar-refractivity contribution < 1.29 is 13.2 Å². The van der Waals surface area contributed by atoms with Crippen LogP contribution in [-0.2, 0) is 21.2 Å². The normalized spacial score (nSPS) is 11.8. The molecule has 1 amide bonds. The molecular weight excluding hydrogens is 348 g/mol. The number of hydrogen-bond donors (Lipinski definition) is 1. The van der Waals surface area contributed by atoms with Gasteiger partial charge in [-0.1, -0.05) is 55.8 Å². The van der Waals surface area contributed by atoms with Gasteiger partial charge in [0.1, 0.15) is 0 Å². The molecule has 1 N–H and O–H groups in total. The van der Waals surface area contributed by atoms with Gasteiger partial charge in [0.25, 0.3) is 0 Å². The zero-order chi connectivity index (χ0) is 19.0. The second-order valence-electron chi connectivity index (χ2n) is 6.01. The number of anilines is 1. The molecule has 0 heterocycles. The molecule has 0 aromatic heterocycles. The van der Waals surface area contributed by atoms with E-state index in [-0.39, 0.29) is 12.5 Å². The molecule has 0 fully saturated rings. The summed E-state index contributed by atoms with van der Waals surface area (Å²) in [5.74, 6) is -0.382. The van der Waals surface area contributed by atoms with Crippen LogP contribution in [0.2, 0.25) is 0 Å². The van der Waals surface area contributed by atoms with Gasteiger partial charge in [-0.05, 0) is 35.8 Å². The Morgan fingerprint density at radius 3 is 2.35 bits per heavy atom. The summed E-state index contributed by atoms with van der Waals surface area (Å²) in [6, 6.07) is 16.7. The first kappa shape index (κ1) is 19.9. The summed E-state index contributed by atoms with van der Waals surface area (Å²) < 4.78 is 25.6. The maximum Gasteiger partial charge on any atom is 0.239 e. The molecule has 138 valence electrons. The molecule has 0 radical (unpaired) electrons. The Kier molecular flexibility index (Phi) is 7.12. The molecule has 0 aliphatic heterocycles. The summed E-state index contributed by atoms with van der Waals surface area (Å²) in [5, 5.41) is 3.83. The van der Waals surface area contributed by atoms with Gasteiger partial charge in [-0.15, -0.1) is 0 Å². The fourth-order valence-electron chi connectivity index (χ4n) is 2.37. The number of nitrogens with zero attached hydrogens (tertiary/aromatic N) is 1. The molecule has 5 nitrogen and oxygen atoms in total. The van der Waals surface area contributed by atoms with Crippen molar-refractivity contribution >= 4 is 27.7 Å². The molecule has 2 aromatic carbocycles. The average Bonchev–Trinajstić information content (AvgIpc) is 2.63. The number of rotatable bonds is 8. The van der Waals surface area contributed by atoms with Gasteiger partial charge in [-0.2, -0.15) is 4.31 Å². The van der Waals surface area contributed by atoms with Crippen LogP contribution in [0.15, 0.2) is 60.0 Å². The van der Waals surface area contributed by atoms with Crippen molar-refractivity contribution in [1.82, 2.24) is 4.31 Å². The lowest BCUT2D eigenvalue weighted by molar-refractivity contribution is -0.116. The van der Waals surface area contributed by atoms with E-state index in [1.165, 1.54) is 18.7 Å². The fraction of sp³-hybridized carbons (Fsp3) is 0.250. The lowest BCUT2D eigenvalue weighted by atomic mass is 10.1. The van der Waals surface area contributed by atoms with Gasteiger partial charge in [0.05, 0.1) is 6.54 Å². The molecule has 0 saturated carbocycles. The first-order chi connectivity index (χ1) is 12.4. The molecule has 0 aliphatic rings. The third kappa shape index (κ3) is 6.13. The predicted molar refractivity (Wildman–Crippen MR) is 106 cm³/mol. The summed E-state index contributed by atoms with van der Waals surface area (Å²) in [6.45, 7) is 1.86. The third-order valence-electron chi connectivity index (χ3n) is 3.81. The van der Waals surface area contributed by atoms with Crippen molar-refractivity contribution in [2.45, 2.75) is 19.8 Å². The van der Waals surface area contributed by atoms with Crippen LogP contribution in [0.25, 0.3) is 6.08 Å². The van der Waals surface area contributed by atoms with Gasteiger partial charge in [0, 0.05) is 18.1 Å². The van der Waals surface area contributed by atoms with Crippen LogP contribution in [0.1, 0.15) is 24.5 Å². The van der Waals surface area contributed by atoms with Crippen LogP contribution in [0.3, 0.4) is 0 Å². The Bertz CT molecular complexity index is 844. The van der Waals surface area contributed by atoms with E-state index >= 15 is 0 Å². The molecule has 0 spiro atoms. The molecule has 0 bridgehead atoms. The number of aryl methyl sites for hydroxylation is 1. The SMILES string of the molecule is CCCc1ccc(NC(=O)CN(C)S(=O)(=O)/C=C/c2ccccc2)cc1. The molecule has 0 aliphatic carbocycles. The molecular formula is C20H24N2O3S. The molecule has 6 heteroatoms. The van der Waals surface area contributed by atoms with Crippen molar-refractivity contribution in [3.8, 4) is 0 Å². The molecule has 26 heavy (non-hydrogen) atoms. The molecule has 2 aromatic rings. The minimum absolute atomic E-state index is 0.252. The molecule has 0 atom stereocenters. The third-order valence-corrected chi connectivity index (χ3v) is 5.29. The predicted octanol–water partition coefficient (Wildman–Crippen LogP) is 3.51. The van der Waals surface area contributed by atoms with E-state index < -0.39 is 10.0 Å². The molecule has 2 rings (SSSR count). The standard InChI is InChI=1S/C20H24N2O3S/c1-3-7-17-10-12-19(13-11-17)21-20(23)16-22(2)26(24,25)15-14-18-8-5-4-6-9-18/h4-6,8-15H,3,7,16H2,1-2H3,(H,21,23)/b15-14+. The lowest BCUT2D eigenvalue weighted by Crippen LogP contribution is -2.33. The molecule has 0 unspecified atom stereocenters. The Morgan fingerprint density at radius 2 is 1.73 bits per heavy atom. The highest BCUT2D eigenvalue weighted by atomic mass is 32.2. The Hall–Kier alpha value is -2.44. The Balaban J connectivity index is 1.93. The number of carbonyl (C=O) groups is 1. The van der Waals surface area contributed by atoms with Crippen molar-refractivity contribution in [3.05, 3.63) is 71.1 Å². The number of nitrogens with one attached hydrogen (secondary N) is 1. The second-order valence-corrected chi connectivity index (χ2v) is 7.93. The number of sulfonamides is 1. The van der Waals surface area contributed by atoms with Crippen LogP contribution < -0.4 is 5.32 Å². The largest absolute Gasteiger partial charge is 0.325 e. The van der Waals surface area contributed by atoms with Crippen molar-refractivity contribution in [2.24, 2.45) is 0 Å². The van der Waals surface area contributed by atoms with Crippen LogP contribution in [0.4, 0.5) is 5.69 Å². The van der Waals surface area contributed by atoms with Gasteiger partial charge in [0.2, 0.25) is 15.9 Å². The van der Waals surface area contributed by atoms with Gasteiger partial charge in [-0.25, -0.2) is 8.42 Å². The van der Waals surface area contributed by atoms with Crippen LogP contribution in [0.5, 0.6) is 0 Å². The maximum absolute atomic E-state index is 12.3. The van der Waals surface area contributed by atoms with E-state index in [1.54, 1.807) is 12.1 Å². The average molecular weight is 372 g/mol. The number of benzene rings is 2. The van der Waals surface area contributed by atoms with E-state index in [9.17, 15) is 13.2 Å². The van der Waals surface area contributed by atoms with E-state index in [4.69, 9.17) is 0 Å². The zero-order valence-corrected chi connectivity index (χ0v) is 15.9. The Morgan fingerprint density at radius 1 is 1.08 bits per heavy atom. The van der Waals surface area contributed by atoms with E-state index in [0.717, 1.165) is 28.1 Å². The highest BCUT2D eigenvalue weighted by molar-refractivity contribution is 7.92. The number of amides is 1. The smallest absolute Gasteiger partial charge is 0.239 e. The minimum atomic E-state index is -3.67. The maximum atomic E-state index is 12.3. The number of likely N-dealkylation sites (N-methyl/N-ethyl adjacent to an activating group) is 1. The van der Waals surface area contributed by atoms with Gasteiger partial charge < -0.3 is 5.32 Å². The first-order valence-electron chi connectivity index (χ1n) is 8.49. The van der Waals surface area contributed by atoms with Crippen molar-refractivity contribution in [1.29, 1.82) is 0 Å². The van der Waals surface area contributed by atoms with E-state index in [2.05, 4.69) is 12.2 Å². The Labute approximate surface area is 155 Å². The van der Waals surface area contributed by atoms with Crippen molar-refractivity contribution in [3.63, 3.8) is 0 Å². The summed E-state index contributed by atoms with van der Waals surface area (Å²) in [6.07, 6.45) is 3.56. The highest BCUT2D eigenvalue weighted by Gasteiger charge is 2.17. The quantitative estimate of drug-likeness (QED) is 0.771. The number of hydrogen-bond acceptors (Lipinski definition) is 3. The van der Waals surface area contributed by atoms with Crippen LogP contribution in [-0.4, -0.2) is 32.2 Å². The lowest BCUT2D eigenvalue weighted by Gasteiger charge is -2.14. The van der Waals surface area contributed by atoms with Gasteiger partial charge in [0.15, 0.2) is 0 Å². The summed E-state index contributed by atoms with van der Waals surface area (Å²) >= 11 is 0. The number of carbonyl (C=O) groups excluding carboxylic acids is 1. The van der Waals surface area contributed by atoms with Gasteiger partial charge >= 0.3 is 0 Å². The van der Waals surface area contributed by atoms with Gasteiger partial charge in [-0.3, -0.25) is 4.79 Å². The second kappa shape index (κ2) is 9.31. The summed E-state index contributed by atoms with van der Waals surface area (Å²) in [5.41, 5.74) is 2.64. The van der Waals surface area contributed by atoms with Crippen LogP contribution >= 0.6 is 0 Å². The topological polar surface area (TPSA) is 66.5 Å². The zero-order valence-electron chi connectivity index (χ0n) is 15.1. The summed E-state index contributed by atoms with van der Waals surface area (Å²) in [4.78, 5) is 12.1. The molecule has 0 saturated heterocycles. The first-order valence-corrected chi connectivity index (χ1v) is 9.99.